The molecule has 60 valence electrons. The summed E-state index contributed by atoms with van der Waals surface area (Å²) in [7, 11) is 0. The third-order valence-electron chi connectivity index (χ3n) is 1.20. The van der Waals surface area contributed by atoms with Crippen molar-refractivity contribution in [3.8, 4) is 0 Å². The normalized spacial score (nSPS) is 9.91. The van der Waals surface area contributed by atoms with Crippen molar-refractivity contribution in [3.63, 3.8) is 0 Å². The molecule has 5 nitrogen and oxygen atoms in total. The van der Waals surface area contributed by atoms with Crippen molar-refractivity contribution in [3.05, 3.63) is 17.5 Å². The molecule has 0 fully saturated rings. The van der Waals surface area contributed by atoms with Gasteiger partial charge in [-0.15, -0.1) is 0 Å². The van der Waals surface area contributed by atoms with Crippen LogP contribution in [0.1, 0.15) is 16.2 Å². The van der Waals surface area contributed by atoms with Crippen LogP contribution in [0.25, 0.3) is 0 Å². The molecule has 0 atom stereocenters. The van der Waals surface area contributed by atoms with E-state index < -0.39 is 5.91 Å². The van der Waals surface area contributed by atoms with Crippen LogP contribution >= 0.6 is 0 Å². The number of hydrogen-bond donors (Lipinski definition) is 2. The van der Waals surface area contributed by atoms with Crippen LogP contribution in [0.5, 0.6) is 0 Å². The fraction of sp³-hybridized carbons (Fsp3) is 0.333. The van der Waals surface area contributed by atoms with Crippen molar-refractivity contribution in [2.45, 2.75) is 6.42 Å². The lowest BCUT2D eigenvalue weighted by molar-refractivity contribution is 0.0991. The van der Waals surface area contributed by atoms with Gasteiger partial charge < -0.3 is 16.0 Å². The molecular formula is C6H9N3O2. The molecule has 0 aliphatic rings. The van der Waals surface area contributed by atoms with E-state index in [2.05, 4.69) is 5.16 Å². The van der Waals surface area contributed by atoms with Gasteiger partial charge in [-0.3, -0.25) is 4.79 Å². The maximum absolute atomic E-state index is 10.5. The van der Waals surface area contributed by atoms with E-state index in [0.29, 0.717) is 18.7 Å². The molecule has 0 aliphatic carbocycles. The minimum absolute atomic E-state index is 0.147. The maximum Gasteiger partial charge on any atom is 0.270 e. The number of primary amides is 1. The van der Waals surface area contributed by atoms with Gasteiger partial charge in [0.05, 0.1) is 0 Å². The van der Waals surface area contributed by atoms with Crippen molar-refractivity contribution in [1.29, 1.82) is 0 Å². The van der Waals surface area contributed by atoms with Crippen molar-refractivity contribution in [2.24, 2.45) is 11.5 Å². The molecule has 5 heteroatoms. The lowest BCUT2D eigenvalue weighted by Gasteiger charge is -1.84. The Hall–Kier alpha value is -1.36. The predicted molar refractivity (Wildman–Crippen MR) is 37.8 cm³/mol. The number of aromatic nitrogens is 1. The number of amides is 1. The first kappa shape index (κ1) is 7.74. The fourth-order valence-electron chi connectivity index (χ4n) is 0.689. The van der Waals surface area contributed by atoms with E-state index in [1.54, 1.807) is 0 Å². The highest BCUT2D eigenvalue weighted by Gasteiger charge is 2.07. The average molecular weight is 155 g/mol. The van der Waals surface area contributed by atoms with Crippen molar-refractivity contribution in [1.82, 2.24) is 5.16 Å². The van der Waals surface area contributed by atoms with Crippen LogP contribution < -0.4 is 11.5 Å². The average Bonchev–Trinajstić information content (AvgIpc) is 2.37. The molecule has 1 aromatic heterocycles. The number of nitrogens with two attached hydrogens (primary N) is 2. The van der Waals surface area contributed by atoms with Crippen LogP contribution in [0.2, 0.25) is 0 Å². The van der Waals surface area contributed by atoms with Crippen LogP contribution in [-0.2, 0) is 6.42 Å². The lowest BCUT2D eigenvalue weighted by Crippen LogP contribution is -2.10. The first-order valence-electron chi connectivity index (χ1n) is 3.19. The molecule has 1 amide bonds. The Morgan fingerprint density at radius 2 is 2.45 bits per heavy atom. The third-order valence-corrected chi connectivity index (χ3v) is 1.20. The Labute approximate surface area is 63.3 Å². The lowest BCUT2D eigenvalue weighted by atomic mass is 10.3. The van der Waals surface area contributed by atoms with Gasteiger partial charge in [0, 0.05) is 12.5 Å². The molecule has 0 spiro atoms. The SMILES string of the molecule is NCCc1cc(C(N)=O)no1. The molecule has 0 unspecified atom stereocenters. The van der Waals surface area contributed by atoms with Gasteiger partial charge in [0.2, 0.25) is 0 Å². The summed E-state index contributed by atoms with van der Waals surface area (Å²) in [4.78, 5) is 10.5. The Balaban J connectivity index is 2.73. The molecule has 1 rings (SSSR count). The van der Waals surface area contributed by atoms with Gasteiger partial charge >= 0.3 is 0 Å². The van der Waals surface area contributed by atoms with Gasteiger partial charge in [-0.25, -0.2) is 0 Å². The summed E-state index contributed by atoms with van der Waals surface area (Å²) in [6, 6.07) is 1.50. The summed E-state index contributed by atoms with van der Waals surface area (Å²) in [6.07, 6.45) is 0.570. The zero-order chi connectivity index (χ0) is 8.27. The smallest absolute Gasteiger partial charge is 0.270 e. The van der Waals surface area contributed by atoms with E-state index >= 15 is 0 Å². The van der Waals surface area contributed by atoms with Crippen molar-refractivity contribution >= 4 is 5.91 Å². The van der Waals surface area contributed by atoms with Crippen LogP contribution in [0.4, 0.5) is 0 Å². The molecular weight excluding hydrogens is 146 g/mol. The highest BCUT2D eigenvalue weighted by molar-refractivity contribution is 5.90. The van der Waals surface area contributed by atoms with Crippen molar-refractivity contribution in [2.75, 3.05) is 6.54 Å². The van der Waals surface area contributed by atoms with E-state index in [1.807, 2.05) is 0 Å². The Bertz CT molecular complexity index is 256. The summed E-state index contributed by atoms with van der Waals surface area (Å²) in [5.41, 5.74) is 10.3. The van der Waals surface area contributed by atoms with Gasteiger partial charge in [-0.1, -0.05) is 5.16 Å². The van der Waals surface area contributed by atoms with E-state index in [-0.39, 0.29) is 5.69 Å². The molecule has 0 aromatic carbocycles. The van der Waals surface area contributed by atoms with Crippen LogP contribution in [0.15, 0.2) is 10.6 Å². The second-order valence-corrected chi connectivity index (χ2v) is 2.08. The summed E-state index contributed by atoms with van der Waals surface area (Å²) in [5.74, 6) is -0.00155. The van der Waals surface area contributed by atoms with E-state index in [0.717, 1.165) is 0 Å². The van der Waals surface area contributed by atoms with Gasteiger partial charge in [-0.05, 0) is 6.54 Å². The molecule has 1 heterocycles. The second-order valence-electron chi connectivity index (χ2n) is 2.08. The Morgan fingerprint density at radius 3 is 2.91 bits per heavy atom. The topological polar surface area (TPSA) is 95.1 Å². The molecule has 0 aliphatic heterocycles. The van der Waals surface area contributed by atoms with E-state index in [1.165, 1.54) is 6.07 Å². The molecule has 1 aromatic rings. The Morgan fingerprint density at radius 1 is 1.73 bits per heavy atom. The minimum atomic E-state index is -0.586. The fourth-order valence-corrected chi connectivity index (χ4v) is 0.689. The zero-order valence-corrected chi connectivity index (χ0v) is 5.91. The van der Waals surface area contributed by atoms with Crippen LogP contribution in [0.3, 0.4) is 0 Å². The van der Waals surface area contributed by atoms with Crippen LogP contribution in [0, 0.1) is 0 Å². The minimum Gasteiger partial charge on any atom is -0.364 e. The standard InChI is InChI=1S/C6H9N3O2/c7-2-1-4-3-5(6(8)10)9-11-4/h3H,1-2,7H2,(H2,8,10). The third kappa shape index (κ3) is 1.78. The monoisotopic (exact) mass is 155 g/mol. The van der Waals surface area contributed by atoms with Gasteiger partial charge in [0.25, 0.3) is 5.91 Å². The number of hydrogen-bond acceptors (Lipinski definition) is 4. The summed E-state index contributed by atoms with van der Waals surface area (Å²) in [5, 5.41) is 3.43. The van der Waals surface area contributed by atoms with Crippen LogP contribution in [-0.4, -0.2) is 17.6 Å². The summed E-state index contributed by atoms with van der Waals surface area (Å²) >= 11 is 0. The zero-order valence-electron chi connectivity index (χ0n) is 5.91. The molecule has 0 saturated heterocycles. The summed E-state index contributed by atoms with van der Waals surface area (Å²) < 4.78 is 4.74. The first-order chi connectivity index (χ1) is 5.24. The van der Waals surface area contributed by atoms with Gasteiger partial charge in [0.1, 0.15) is 5.76 Å². The quantitative estimate of drug-likeness (QED) is 0.601. The predicted octanol–water partition coefficient (Wildman–Crippen LogP) is -0.725. The molecule has 11 heavy (non-hydrogen) atoms. The Kier molecular flexibility index (Phi) is 2.22. The maximum atomic E-state index is 10.5. The first-order valence-corrected chi connectivity index (χ1v) is 3.19. The van der Waals surface area contributed by atoms with E-state index in [9.17, 15) is 4.79 Å². The van der Waals surface area contributed by atoms with Gasteiger partial charge in [-0.2, -0.15) is 0 Å². The number of rotatable bonds is 3. The van der Waals surface area contributed by atoms with E-state index in [4.69, 9.17) is 16.0 Å². The van der Waals surface area contributed by atoms with Crippen molar-refractivity contribution < 1.29 is 9.32 Å². The molecule has 0 saturated carbocycles. The number of nitrogens with zero attached hydrogens (tertiary/aromatic N) is 1. The summed E-state index contributed by atoms with van der Waals surface area (Å²) in [6.45, 7) is 0.466. The number of carbonyl (C=O) groups excluding carboxylic acids is 1. The second kappa shape index (κ2) is 3.16. The highest BCUT2D eigenvalue weighted by atomic mass is 16.5. The highest BCUT2D eigenvalue weighted by Crippen LogP contribution is 2.02. The molecule has 0 bridgehead atoms. The molecule has 4 N–H and O–H groups in total. The number of carbonyl (C=O) groups is 1. The largest absolute Gasteiger partial charge is 0.364 e. The van der Waals surface area contributed by atoms with Gasteiger partial charge in [0.15, 0.2) is 5.69 Å². The molecule has 0 radical (unpaired) electrons.